The molecular formula is C122H89N6O4P3. The second kappa shape index (κ2) is 35.9. The Balaban J connectivity index is 0.000000114. The van der Waals surface area contributed by atoms with E-state index in [4.69, 9.17) is 13.3 Å². The summed E-state index contributed by atoms with van der Waals surface area (Å²) in [6.07, 6.45) is 0. The van der Waals surface area contributed by atoms with Gasteiger partial charge in [-0.15, -0.1) is 7.53 Å². The number of aryl methyl sites for hydroxylation is 1. The third-order valence-electron chi connectivity index (χ3n) is 25.4. The quantitative estimate of drug-likeness (QED) is 0.0731. The average Bonchev–Trinajstić information content (AvgIpc) is 1.56. The number of rotatable bonds is 19. The summed E-state index contributed by atoms with van der Waals surface area (Å²) in [5, 5.41) is 13.9. The Kier molecular flexibility index (Phi) is 22.1. The number of fused-ring (bicyclic) bond motifs is 15. The SMILES string of the molecule is CP1(=O)c2ccc(N(c3ccccc3)c3ccccc3)cc2-c2oc3ccc(N(c4ccccc4)c4ccccc4)cc3c21.Cp1c2ccc(N(c3ccccc3)c3ccccc3)cc2c2oc3ccc(N(c4ccccc4)c4ccccc4)cc3c21.c1ccc(N(c2ccccc2)c2ccc3c(c2)c2oc4ccc(N(c5ccccc5)c5ccccc5)cc4c2p3-c2ccccc2)cc1. The Morgan fingerprint density at radius 1 is 0.222 bits per heavy atom. The molecule has 24 aromatic rings. The van der Waals surface area contributed by atoms with Gasteiger partial charge in [-0.3, -0.25) is 0 Å². The normalized spacial score (nSPS) is 12.8. The van der Waals surface area contributed by atoms with Crippen molar-refractivity contribution in [1.29, 1.82) is 0 Å². The van der Waals surface area contributed by atoms with E-state index in [-0.39, 0.29) is 0 Å². The molecule has 135 heavy (non-hydrogen) atoms. The zero-order chi connectivity index (χ0) is 90.3. The van der Waals surface area contributed by atoms with Gasteiger partial charge in [0.05, 0.1) is 10.4 Å². The summed E-state index contributed by atoms with van der Waals surface area (Å²) in [5.74, 6) is 0.701. The molecule has 25 rings (SSSR count). The lowest BCUT2D eigenvalue weighted by Gasteiger charge is -2.26. The Bertz CT molecular complexity index is 7990. The smallest absolute Gasteiger partial charge is 0.147 e. The molecule has 0 amide bonds. The molecule has 1 aliphatic heterocycles. The zero-order valence-corrected chi connectivity index (χ0v) is 76.8. The van der Waals surface area contributed by atoms with E-state index in [0.717, 1.165) is 163 Å². The van der Waals surface area contributed by atoms with Crippen LogP contribution in [0.15, 0.2) is 517 Å². The van der Waals surface area contributed by atoms with Crippen LogP contribution >= 0.6 is 22.2 Å². The van der Waals surface area contributed by atoms with Crippen LogP contribution in [0.1, 0.15) is 0 Å². The van der Waals surface area contributed by atoms with Gasteiger partial charge < -0.3 is 47.2 Å². The van der Waals surface area contributed by atoms with Crippen molar-refractivity contribution in [2.24, 2.45) is 6.66 Å². The van der Waals surface area contributed by atoms with Crippen LogP contribution in [0.4, 0.5) is 102 Å². The third kappa shape index (κ3) is 15.5. The molecule has 646 valence electrons. The van der Waals surface area contributed by atoms with E-state index in [1.165, 1.54) is 36.5 Å². The van der Waals surface area contributed by atoms with Crippen LogP contribution in [0.3, 0.4) is 0 Å². The molecule has 1 aliphatic rings. The molecule has 19 aromatic carbocycles. The van der Waals surface area contributed by atoms with Crippen molar-refractivity contribution in [3.8, 4) is 16.6 Å². The lowest BCUT2D eigenvalue weighted by Crippen LogP contribution is -2.13. The molecule has 0 N–H and O–H groups in total. The molecule has 0 bridgehead atoms. The van der Waals surface area contributed by atoms with Gasteiger partial charge in [0.2, 0.25) is 0 Å². The summed E-state index contributed by atoms with van der Waals surface area (Å²) >= 11 is 0. The molecule has 0 radical (unpaired) electrons. The van der Waals surface area contributed by atoms with Gasteiger partial charge in [-0.1, -0.05) is 256 Å². The predicted octanol–water partition coefficient (Wildman–Crippen LogP) is 36.2. The van der Waals surface area contributed by atoms with Crippen molar-refractivity contribution in [1.82, 2.24) is 0 Å². The highest BCUT2D eigenvalue weighted by atomic mass is 31.2. The van der Waals surface area contributed by atoms with Crippen LogP contribution in [-0.4, -0.2) is 6.66 Å². The van der Waals surface area contributed by atoms with Crippen LogP contribution < -0.4 is 40.0 Å². The van der Waals surface area contributed by atoms with E-state index >= 15 is 0 Å². The Morgan fingerprint density at radius 3 is 0.778 bits per heavy atom. The lowest BCUT2D eigenvalue weighted by molar-refractivity contribution is 0.591. The minimum Gasteiger partial charge on any atom is -0.455 e. The van der Waals surface area contributed by atoms with E-state index in [9.17, 15) is 4.57 Å². The highest BCUT2D eigenvalue weighted by Gasteiger charge is 2.41. The first-order chi connectivity index (χ1) is 66.7. The van der Waals surface area contributed by atoms with Crippen molar-refractivity contribution < 1.29 is 17.8 Å². The molecule has 3 atom stereocenters. The maximum atomic E-state index is 14.7. The van der Waals surface area contributed by atoms with E-state index in [1.807, 2.05) is 91.6 Å². The van der Waals surface area contributed by atoms with E-state index in [2.05, 4.69) is 455 Å². The van der Waals surface area contributed by atoms with Crippen molar-refractivity contribution in [3.63, 3.8) is 0 Å². The molecule has 0 fully saturated rings. The molecule has 3 unspecified atom stereocenters. The number of nitrogens with zero attached hydrogens (tertiary/aromatic N) is 6. The average molecular weight is 1800 g/mol. The topological polar surface area (TPSA) is 75.9 Å². The summed E-state index contributed by atoms with van der Waals surface area (Å²) in [5.41, 5.74) is 25.0. The fourth-order valence-electron chi connectivity index (χ4n) is 19.4. The summed E-state index contributed by atoms with van der Waals surface area (Å²) in [6.45, 7) is 4.23. The summed E-state index contributed by atoms with van der Waals surface area (Å²) in [7, 11) is -4.36. The van der Waals surface area contributed by atoms with Crippen LogP contribution in [0.25, 0.3) is 91.9 Å². The first-order valence-corrected chi connectivity index (χ1v) is 50.7. The van der Waals surface area contributed by atoms with Gasteiger partial charge >= 0.3 is 0 Å². The minimum atomic E-state index is -2.94. The molecule has 13 heteroatoms. The molecular weight excluding hydrogens is 1710 g/mol. The number of anilines is 18. The number of hydrogen-bond donors (Lipinski definition) is 0. The Labute approximate surface area is 785 Å². The summed E-state index contributed by atoms with van der Waals surface area (Å²) in [4.78, 5) is 13.7. The van der Waals surface area contributed by atoms with Gasteiger partial charge in [0.1, 0.15) is 40.8 Å². The molecule has 0 saturated carbocycles. The number of benzene rings is 19. The molecule has 0 saturated heterocycles. The number of para-hydroxylation sites is 12. The largest absolute Gasteiger partial charge is 0.455 e. The van der Waals surface area contributed by atoms with E-state index in [1.54, 1.807) is 0 Å². The maximum absolute atomic E-state index is 14.7. The van der Waals surface area contributed by atoms with Gasteiger partial charge in [0, 0.05) is 156 Å². The predicted molar refractivity (Wildman–Crippen MR) is 573 cm³/mol. The zero-order valence-electron chi connectivity index (χ0n) is 74.1. The van der Waals surface area contributed by atoms with Crippen molar-refractivity contribution in [2.75, 3.05) is 36.1 Å². The highest BCUT2D eigenvalue weighted by molar-refractivity contribution is 7.79. The third-order valence-corrected chi connectivity index (χ3v) is 32.8. The minimum absolute atomic E-state index is 0.571. The van der Waals surface area contributed by atoms with E-state index in [0.29, 0.717) is 5.76 Å². The van der Waals surface area contributed by atoms with Gasteiger partial charge in [-0.2, -0.15) is 0 Å². The standard InChI is InChI=1S/C44H31N2OP.C39H29N2O2P.C39H29N2OP/c1-6-16-32(17-7-1)45(33-18-8-2-9-19-33)36-26-28-41-39(30-36)44-43(47-41)40-31-37(27-29-42(40)48(44)38-24-14-5-15-25-38)46(34-20-10-3-11-21-34)35-22-12-4-13-23-35;1-44(42)37-25-23-33(41(30-18-10-4-11-19-30)31-20-12-5-13-21-31)27-35(37)38-39(44)34-26-32(22-24-36(34)43-38)40(28-14-6-2-7-15-28)29-16-8-3-9-17-29;1-43-37-25-23-33(41(30-18-10-4-11-19-30)31-20-12-5-13-21-31)27-35(37)38-39(43)34-26-32(22-24-36(34)42-38)40(28-14-6-2-7-15-28)29-16-8-3-9-17-29/h1-31H;2-27H,1H3;2-27H,1H3. The van der Waals surface area contributed by atoms with Crippen LogP contribution in [0.2, 0.25) is 0 Å². The number of furan rings is 3. The Hall–Kier alpha value is -16.6. The summed E-state index contributed by atoms with van der Waals surface area (Å²) < 4.78 is 34.8. The first-order valence-electron chi connectivity index (χ1n) is 45.4. The number of hydrogen-bond acceptors (Lipinski definition) is 10. The monoisotopic (exact) mass is 1790 g/mol. The van der Waals surface area contributed by atoms with Gasteiger partial charge in [-0.05, 0) is 273 Å². The fraction of sp³-hybridized carbons (Fsp3) is 0.0164. The van der Waals surface area contributed by atoms with Crippen LogP contribution in [0.5, 0.6) is 0 Å². The van der Waals surface area contributed by atoms with Crippen LogP contribution in [0, 0.1) is 0 Å². The van der Waals surface area contributed by atoms with Gasteiger partial charge in [0.25, 0.3) is 0 Å². The summed E-state index contributed by atoms with van der Waals surface area (Å²) in [6, 6.07) is 176. The second-order valence-electron chi connectivity index (χ2n) is 33.7. The highest BCUT2D eigenvalue weighted by Crippen LogP contribution is 2.61. The second-order valence-corrected chi connectivity index (χ2v) is 40.6. The molecule has 0 spiro atoms. The maximum Gasteiger partial charge on any atom is 0.147 e. The lowest BCUT2D eigenvalue weighted by atomic mass is 10.1. The van der Waals surface area contributed by atoms with Gasteiger partial charge in [0.15, 0.2) is 0 Å². The van der Waals surface area contributed by atoms with Crippen LogP contribution in [-0.2, 0) is 11.2 Å². The fourth-order valence-corrected chi connectivity index (χ4v) is 26.5. The molecule has 6 heterocycles. The van der Waals surface area contributed by atoms with Crippen molar-refractivity contribution in [3.05, 3.63) is 504 Å². The first kappa shape index (κ1) is 82.8. The van der Waals surface area contributed by atoms with Crippen molar-refractivity contribution >= 4 is 211 Å². The van der Waals surface area contributed by atoms with Crippen molar-refractivity contribution in [2.45, 2.75) is 0 Å². The molecule has 0 aliphatic carbocycles. The molecule has 5 aromatic heterocycles. The van der Waals surface area contributed by atoms with Gasteiger partial charge in [-0.25, -0.2) is 0 Å². The Morgan fingerprint density at radius 2 is 0.459 bits per heavy atom. The molecule has 10 nitrogen and oxygen atoms in total. The van der Waals surface area contributed by atoms with E-state index < -0.39 is 22.2 Å².